The summed E-state index contributed by atoms with van der Waals surface area (Å²) in [5, 5.41) is 4.44. The zero-order chi connectivity index (χ0) is 15.6. The Morgan fingerprint density at radius 2 is 2.24 bits per heavy atom. The fourth-order valence-electron chi connectivity index (χ4n) is 2.30. The molecule has 1 aliphatic rings. The molecule has 1 aromatic heterocycles. The summed E-state index contributed by atoms with van der Waals surface area (Å²) in [5.41, 5.74) is 6.69. The molecule has 0 bridgehead atoms. The zero-order valence-corrected chi connectivity index (χ0v) is 12.7. The molecule has 2 amide bonds. The van der Waals surface area contributed by atoms with Crippen molar-refractivity contribution in [3.8, 4) is 0 Å². The molecule has 21 heavy (non-hydrogen) atoms. The summed E-state index contributed by atoms with van der Waals surface area (Å²) >= 11 is 0. The van der Waals surface area contributed by atoms with Gasteiger partial charge in [0.25, 0.3) is 5.91 Å². The van der Waals surface area contributed by atoms with Gasteiger partial charge in [-0.1, -0.05) is 13.8 Å². The lowest BCUT2D eigenvalue weighted by atomic mass is 10.1. The van der Waals surface area contributed by atoms with Gasteiger partial charge in [0.2, 0.25) is 5.91 Å². The summed E-state index contributed by atoms with van der Waals surface area (Å²) < 4.78 is 6.97. The maximum atomic E-state index is 12.6. The van der Waals surface area contributed by atoms with Gasteiger partial charge in [-0.25, -0.2) is 0 Å². The maximum Gasteiger partial charge on any atom is 0.272 e. The second kappa shape index (κ2) is 6.26. The molecule has 0 aliphatic carbocycles. The summed E-state index contributed by atoms with van der Waals surface area (Å²) in [6.07, 6.45) is -0.731. The molecule has 0 aromatic carbocycles. The molecule has 0 saturated carbocycles. The van der Waals surface area contributed by atoms with E-state index in [1.807, 2.05) is 26.8 Å². The Labute approximate surface area is 124 Å². The highest BCUT2D eigenvalue weighted by Gasteiger charge is 2.30. The third kappa shape index (κ3) is 3.24. The molecule has 1 saturated heterocycles. The molecule has 1 aliphatic heterocycles. The molecule has 7 heteroatoms. The Morgan fingerprint density at radius 3 is 2.81 bits per heavy atom. The van der Waals surface area contributed by atoms with E-state index in [1.54, 1.807) is 9.58 Å². The second-order valence-electron chi connectivity index (χ2n) is 5.44. The number of ether oxygens (including phenoxy) is 1. The number of primary amides is 1. The van der Waals surface area contributed by atoms with Crippen LogP contribution in [0.1, 0.15) is 42.9 Å². The number of rotatable bonds is 4. The Kier molecular flexibility index (Phi) is 4.62. The minimum Gasteiger partial charge on any atom is -0.367 e. The Hall–Kier alpha value is -1.89. The number of hydrogen-bond acceptors (Lipinski definition) is 4. The van der Waals surface area contributed by atoms with Gasteiger partial charge in [-0.15, -0.1) is 0 Å². The fraction of sp³-hybridized carbons (Fsp3) is 0.643. The lowest BCUT2D eigenvalue weighted by Gasteiger charge is -2.31. The van der Waals surface area contributed by atoms with Gasteiger partial charge in [-0.2, -0.15) is 5.10 Å². The lowest BCUT2D eigenvalue weighted by molar-refractivity contribution is -0.133. The van der Waals surface area contributed by atoms with Crippen LogP contribution in [0.2, 0.25) is 0 Å². The Balaban J connectivity index is 2.21. The van der Waals surface area contributed by atoms with Crippen molar-refractivity contribution in [1.82, 2.24) is 14.7 Å². The van der Waals surface area contributed by atoms with Crippen molar-refractivity contribution < 1.29 is 14.3 Å². The van der Waals surface area contributed by atoms with Crippen LogP contribution in [0.15, 0.2) is 6.07 Å². The Morgan fingerprint density at radius 1 is 1.52 bits per heavy atom. The molecule has 1 aromatic rings. The molecule has 2 N–H and O–H groups in total. The minimum absolute atomic E-state index is 0.134. The predicted molar refractivity (Wildman–Crippen MR) is 76.8 cm³/mol. The molecule has 0 unspecified atom stereocenters. The standard InChI is InChI=1S/C14H22N4O3/c1-4-18-11(7-10(16-18)9(2)3)14(20)17-5-6-21-12(8-17)13(15)19/h7,9,12H,4-6,8H2,1-3H3,(H2,15,19)/t12-/m0/s1. The number of aryl methyl sites for hydroxylation is 1. The number of nitrogens with zero attached hydrogens (tertiary/aromatic N) is 3. The molecular weight excluding hydrogens is 272 g/mol. The lowest BCUT2D eigenvalue weighted by Crippen LogP contribution is -2.50. The third-order valence-corrected chi connectivity index (χ3v) is 3.58. The van der Waals surface area contributed by atoms with Crippen LogP contribution in [-0.2, 0) is 16.1 Å². The van der Waals surface area contributed by atoms with Crippen molar-refractivity contribution in [2.24, 2.45) is 5.73 Å². The van der Waals surface area contributed by atoms with Crippen molar-refractivity contribution in [1.29, 1.82) is 0 Å². The van der Waals surface area contributed by atoms with E-state index in [0.29, 0.717) is 25.4 Å². The van der Waals surface area contributed by atoms with Gasteiger partial charge in [0, 0.05) is 13.1 Å². The van der Waals surface area contributed by atoms with E-state index in [4.69, 9.17) is 10.5 Å². The first-order valence-corrected chi connectivity index (χ1v) is 7.22. The van der Waals surface area contributed by atoms with Crippen LogP contribution in [0.25, 0.3) is 0 Å². The summed E-state index contributed by atoms with van der Waals surface area (Å²) in [7, 11) is 0. The number of morpholine rings is 1. The first-order valence-electron chi connectivity index (χ1n) is 7.22. The van der Waals surface area contributed by atoms with Crippen molar-refractivity contribution in [2.75, 3.05) is 19.7 Å². The molecule has 1 atom stereocenters. The summed E-state index contributed by atoms with van der Waals surface area (Å²) in [5.74, 6) is -0.419. The topological polar surface area (TPSA) is 90.4 Å². The van der Waals surface area contributed by atoms with Crippen LogP contribution in [0.3, 0.4) is 0 Å². The van der Waals surface area contributed by atoms with Crippen LogP contribution in [0.5, 0.6) is 0 Å². The van der Waals surface area contributed by atoms with E-state index >= 15 is 0 Å². The quantitative estimate of drug-likeness (QED) is 0.867. The first kappa shape index (κ1) is 15.5. The van der Waals surface area contributed by atoms with Crippen LogP contribution < -0.4 is 5.73 Å². The number of hydrogen-bond donors (Lipinski definition) is 1. The van der Waals surface area contributed by atoms with Crippen LogP contribution in [0, 0.1) is 0 Å². The van der Waals surface area contributed by atoms with Gasteiger partial charge in [0.1, 0.15) is 5.69 Å². The highest BCUT2D eigenvalue weighted by atomic mass is 16.5. The second-order valence-corrected chi connectivity index (χ2v) is 5.44. The highest BCUT2D eigenvalue weighted by molar-refractivity contribution is 5.93. The van der Waals surface area contributed by atoms with E-state index < -0.39 is 12.0 Å². The smallest absolute Gasteiger partial charge is 0.272 e. The number of nitrogens with two attached hydrogens (primary N) is 1. The van der Waals surface area contributed by atoms with Crippen LogP contribution >= 0.6 is 0 Å². The number of carbonyl (C=O) groups excluding carboxylic acids is 2. The monoisotopic (exact) mass is 294 g/mol. The maximum absolute atomic E-state index is 12.6. The van der Waals surface area contributed by atoms with Gasteiger partial charge < -0.3 is 15.4 Å². The predicted octanol–water partition coefficient (Wildman–Crippen LogP) is 0.353. The molecule has 2 heterocycles. The summed E-state index contributed by atoms with van der Waals surface area (Å²) in [6, 6.07) is 1.82. The summed E-state index contributed by atoms with van der Waals surface area (Å²) in [6.45, 7) is 7.60. The normalized spacial score (nSPS) is 19.0. The van der Waals surface area contributed by atoms with Crippen molar-refractivity contribution in [3.05, 3.63) is 17.5 Å². The van der Waals surface area contributed by atoms with Crippen LogP contribution in [-0.4, -0.2) is 52.3 Å². The van der Waals surface area contributed by atoms with E-state index in [9.17, 15) is 9.59 Å². The average Bonchev–Trinajstić information content (AvgIpc) is 2.91. The van der Waals surface area contributed by atoms with Gasteiger partial charge >= 0.3 is 0 Å². The highest BCUT2D eigenvalue weighted by Crippen LogP contribution is 2.17. The number of amides is 2. The molecule has 0 spiro atoms. The van der Waals surface area contributed by atoms with E-state index in [0.717, 1.165) is 5.69 Å². The molecule has 116 valence electrons. The molecule has 7 nitrogen and oxygen atoms in total. The molecule has 2 rings (SSSR count). The molecule has 1 fully saturated rings. The SMILES string of the molecule is CCn1nc(C(C)C)cc1C(=O)N1CCO[C@H](C(N)=O)C1. The van der Waals surface area contributed by atoms with E-state index in [2.05, 4.69) is 5.10 Å². The van der Waals surface area contributed by atoms with Crippen molar-refractivity contribution >= 4 is 11.8 Å². The Bertz CT molecular complexity index is 538. The molecule has 0 radical (unpaired) electrons. The molecular formula is C14H22N4O3. The van der Waals surface area contributed by atoms with Crippen molar-refractivity contribution in [3.63, 3.8) is 0 Å². The van der Waals surface area contributed by atoms with E-state index in [1.165, 1.54) is 0 Å². The van der Waals surface area contributed by atoms with Gasteiger partial charge in [0.15, 0.2) is 6.10 Å². The number of aromatic nitrogens is 2. The van der Waals surface area contributed by atoms with E-state index in [-0.39, 0.29) is 18.4 Å². The zero-order valence-electron chi connectivity index (χ0n) is 12.7. The van der Waals surface area contributed by atoms with Crippen molar-refractivity contribution in [2.45, 2.75) is 39.3 Å². The first-order chi connectivity index (χ1) is 9.93. The van der Waals surface area contributed by atoms with Crippen LogP contribution in [0.4, 0.5) is 0 Å². The minimum atomic E-state index is -0.731. The average molecular weight is 294 g/mol. The van der Waals surface area contributed by atoms with Gasteiger partial charge in [-0.05, 0) is 18.9 Å². The van der Waals surface area contributed by atoms with Gasteiger partial charge in [0.05, 0.1) is 18.8 Å². The summed E-state index contributed by atoms with van der Waals surface area (Å²) in [4.78, 5) is 25.5. The van der Waals surface area contributed by atoms with Gasteiger partial charge in [-0.3, -0.25) is 14.3 Å². The largest absolute Gasteiger partial charge is 0.367 e. The third-order valence-electron chi connectivity index (χ3n) is 3.58. The fourth-order valence-corrected chi connectivity index (χ4v) is 2.30. The number of carbonyl (C=O) groups is 2.